The molecule has 1 spiro atoms. The van der Waals surface area contributed by atoms with Crippen molar-refractivity contribution in [3.05, 3.63) is 34.3 Å². The van der Waals surface area contributed by atoms with Crippen LogP contribution in [-0.2, 0) is 6.54 Å². The minimum absolute atomic E-state index is 0.745. The van der Waals surface area contributed by atoms with Crippen LogP contribution in [-0.4, -0.2) is 6.04 Å². The molecule has 0 unspecified atom stereocenters. The zero-order valence-electron chi connectivity index (χ0n) is 11.6. The number of nitrogens with one attached hydrogen (secondary N) is 1. The minimum atomic E-state index is 0.745. The molecule has 0 amide bonds. The summed E-state index contributed by atoms with van der Waals surface area (Å²) in [6.45, 7) is 1.02. The summed E-state index contributed by atoms with van der Waals surface area (Å²) < 4.78 is 1.16. The normalized spacial score (nSPS) is 23.0. The number of benzene rings is 1. The topological polar surface area (TPSA) is 12.0 Å². The van der Waals surface area contributed by atoms with E-state index in [9.17, 15) is 0 Å². The highest BCUT2D eigenvalue weighted by Crippen LogP contribution is 2.48. The zero-order chi connectivity index (χ0) is 13.1. The third-order valence-corrected chi connectivity index (χ3v) is 5.75. The van der Waals surface area contributed by atoms with E-state index in [1.54, 1.807) is 0 Å². The Bertz CT molecular complexity index is 396. The number of halogens is 1. The van der Waals surface area contributed by atoms with Crippen molar-refractivity contribution in [2.45, 2.75) is 64.0 Å². The third kappa shape index (κ3) is 3.41. The largest absolute Gasteiger partial charge is 0.310 e. The van der Waals surface area contributed by atoms with E-state index in [1.807, 2.05) is 0 Å². The molecule has 1 N–H and O–H groups in total. The highest BCUT2D eigenvalue weighted by molar-refractivity contribution is 9.10. The Hall–Kier alpha value is -0.340. The quantitative estimate of drug-likeness (QED) is 0.822. The lowest BCUT2D eigenvalue weighted by Crippen LogP contribution is -2.36. The van der Waals surface area contributed by atoms with E-state index in [2.05, 4.69) is 45.5 Å². The van der Waals surface area contributed by atoms with Crippen molar-refractivity contribution >= 4 is 15.9 Å². The van der Waals surface area contributed by atoms with Crippen LogP contribution >= 0.6 is 15.9 Å². The molecule has 1 aromatic carbocycles. The molecule has 1 nitrogen and oxygen atoms in total. The van der Waals surface area contributed by atoms with Gasteiger partial charge in [0.1, 0.15) is 0 Å². The van der Waals surface area contributed by atoms with E-state index in [0.29, 0.717) is 0 Å². The van der Waals surface area contributed by atoms with Gasteiger partial charge >= 0.3 is 0 Å². The molecule has 3 rings (SSSR count). The zero-order valence-corrected chi connectivity index (χ0v) is 13.2. The van der Waals surface area contributed by atoms with Crippen molar-refractivity contribution in [2.24, 2.45) is 5.41 Å². The molecule has 0 bridgehead atoms. The van der Waals surface area contributed by atoms with Crippen molar-refractivity contribution < 1.29 is 0 Å². The van der Waals surface area contributed by atoms with Gasteiger partial charge in [0.2, 0.25) is 0 Å². The van der Waals surface area contributed by atoms with Gasteiger partial charge in [0.05, 0.1) is 0 Å². The molecule has 2 fully saturated rings. The summed E-state index contributed by atoms with van der Waals surface area (Å²) in [7, 11) is 0. The maximum atomic E-state index is 3.75. The standard InChI is InChI=1S/C17H24BrN/c18-15-5-3-14(4-6-15)13-19-16-7-11-17(12-8-16)9-1-2-10-17/h3-6,16,19H,1-2,7-13H2. The lowest BCUT2D eigenvalue weighted by molar-refractivity contribution is 0.168. The second-order valence-electron chi connectivity index (χ2n) is 6.49. The fraction of sp³-hybridized carbons (Fsp3) is 0.647. The highest BCUT2D eigenvalue weighted by atomic mass is 79.9. The highest BCUT2D eigenvalue weighted by Gasteiger charge is 2.37. The van der Waals surface area contributed by atoms with E-state index in [4.69, 9.17) is 0 Å². The molecule has 0 atom stereocenters. The number of rotatable bonds is 3. The lowest BCUT2D eigenvalue weighted by atomic mass is 9.71. The molecule has 0 radical (unpaired) electrons. The van der Waals surface area contributed by atoms with Gasteiger partial charge in [-0.15, -0.1) is 0 Å². The summed E-state index contributed by atoms with van der Waals surface area (Å²) in [5.41, 5.74) is 2.15. The van der Waals surface area contributed by atoms with Crippen LogP contribution < -0.4 is 5.32 Å². The fourth-order valence-corrected chi connectivity index (χ4v) is 4.19. The van der Waals surface area contributed by atoms with Crippen LogP contribution in [0.4, 0.5) is 0 Å². The van der Waals surface area contributed by atoms with Gasteiger partial charge in [-0.25, -0.2) is 0 Å². The first-order valence-corrected chi connectivity index (χ1v) is 8.53. The molecule has 2 aliphatic carbocycles. The Morgan fingerprint density at radius 3 is 2.26 bits per heavy atom. The van der Waals surface area contributed by atoms with Crippen LogP contribution in [0.25, 0.3) is 0 Å². The van der Waals surface area contributed by atoms with Gasteiger partial charge in [0, 0.05) is 17.1 Å². The van der Waals surface area contributed by atoms with Crippen molar-refractivity contribution in [1.82, 2.24) is 5.32 Å². The molecule has 2 saturated carbocycles. The lowest BCUT2D eigenvalue weighted by Gasteiger charge is -2.37. The first-order chi connectivity index (χ1) is 9.26. The maximum absolute atomic E-state index is 3.75. The van der Waals surface area contributed by atoms with Gasteiger partial charge < -0.3 is 5.32 Å². The Morgan fingerprint density at radius 2 is 1.63 bits per heavy atom. The molecular weight excluding hydrogens is 298 g/mol. The van der Waals surface area contributed by atoms with Crippen LogP contribution in [0.1, 0.15) is 56.9 Å². The Labute approximate surface area is 125 Å². The molecule has 1 aromatic rings. The smallest absolute Gasteiger partial charge is 0.0208 e. The predicted molar refractivity (Wildman–Crippen MR) is 84.1 cm³/mol. The summed E-state index contributed by atoms with van der Waals surface area (Å²) in [5, 5.41) is 3.75. The first kappa shape index (κ1) is 13.6. The molecule has 19 heavy (non-hydrogen) atoms. The average Bonchev–Trinajstić information content (AvgIpc) is 2.89. The van der Waals surface area contributed by atoms with Crippen molar-refractivity contribution in [3.63, 3.8) is 0 Å². The summed E-state index contributed by atoms with van der Waals surface area (Å²) in [5.74, 6) is 0. The van der Waals surface area contributed by atoms with Crippen molar-refractivity contribution in [2.75, 3.05) is 0 Å². The van der Waals surface area contributed by atoms with Gasteiger partial charge in [0.15, 0.2) is 0 Å². The summed E-state index contributed by atoms with van der Waals surface area (Å²) >= 11 is 3.49. The maximum Gasteiger partial charge on any atom is 0.0208 e. The molecule has 0 aliphatic heterocycles. The molecule has 0 aromatic heterocycles. The molecule has 104 valence electrons. The van der Waals surface area contributed by atoms with Crippen LogP contribution in [0.5, 0.6) is 0 Å². The molecule has 0 saturated heterocycles. The molecule has 2 heteroatoms. The second-order valence-corrected chi connectivity index (χ2v) is 7.40. The van der Waals surface area contributed by atoms with Crippen molar-refractivity contribution in [3.8, 4) is 0 Å². The first-order valence-electron chi connectivity index (χ1n) is 7.74. The minimum Gasteiger partial charge on any atom is -0.310 e. The summed E-state index contributed by atoms with van der Waals surface area (Å²) in [6, 6.07) is 9.42. The van der Waals surface area contributed by atoms with E-state index >= 15 is 0 Å². The van der Waals surface area contributed by atoms with Gasteiger partial charge in [-0.05, 0) is 61.6 Å². The van der Waals surface area contributed by atoms with E-state index < -0.39 is 0 Å². The van der Waals surface area contributed by atoms with Crippen LogP contribution in [0.3, 0.4) is 0 Å². The monoisotopic (exact) mass is 321 g/mol. The average molecular weight is 322 g/mol. The SMILES string of the molecule is Brc1ccc(CNC2CCC3(CCCC3)CC2)cc1. The Morgan fingerprint density at radius 1 is 1.00 bits per heavy atom. The van der Waals surface area contributed by atoms with Crippen LogP contribution in [0, 0.1) is 5.41 Å². The Balaban J connectivity index is 1.46. The van der Waals surface area contributed by atoms with Gasteiger partial charge in [0.25, 0.3) is 0 Å². The van der Waals surface area contributed by atoms with Gasteiger partial charge in [-0.2, -0.15) is 0 Å². The third-order valence-electron chi connectivity index (χ3n) is 5.22. The number of hydrogen-bond acceptors (Lipinski definition) is 1. The summed E-state index contributed by atoms with van der Waals surface area (Å²) in [6.07, 6.45) is 11.7. The predicted octanol–water partition coefficient (Wildman–Crippen LogP) is 5.04. The summed E-state index contributed by atoms with van der Waals surface area (Å²) in [4.78, 5) is 0. The van der Waals surface area contributed by atoms with E-state index in [0.717, 1.165) is 22.5 Å². The van der Waals surface area contributed by atoms with E-state index in [-0.39, 0.29) is 0 Å². The van der Waals surface area contributed by atoms with Crippen molar-refractivity contribution in [1.29, 1.82) is 0 Å². The number of hydrogen-bond donors (Lipinski definition) is 1. The molecule has 2 aliphatic rings. The Kier molecular flexibility index (Phi) is 4.28. The van der Waals surface area contributed by atoms with Gasteiger partial charge in [-0.3, -0.25) is 0 Å². The van der Waals surface area contributed by atoms with Gasteiger partial charge in [-0.1, -0.05) is 40.9 Å². The second kappa shape index (κ2) is 5.97. The molecular formula is C17H24BrN. The van der Waals surface area contributed by atoms with E-state index in [1.165, 1.54) is 56.9 Å². The fourth-order valence-electron chi connectivity index (χ4n) is 3.92. The van der Waals surface area contributed by atoms with Crippen LogP contribution in [0.15, 0.2) is 28.7 Å². The molecule has 0 heterocycles. The van der Waals surface area contributed by atoms with Crippen LogP contribution in [0.2, 0.25) is 0 Å².